The lowest BCUT2D eigenvalue weighted by molar-refractivity contribution is -0.0909. The molecular formula is C11H22N2O5. The Balaban J connectivity index is 4.32. The standard InChI is InChI=1S/C11H22N2O5/c1-5-11(16-4,7-17-9(14)12-3)8-18-10(15)13-6-2/h5-8H2,1-4H3,(H,12,14)(H,13,15). The number of carbonyl (C=O) groups is 2. The first-order chi connectivity index (χ1) is 8.53. The molecular weight excluding hydrogens is 240 g/mol. The van der Waals surface area contributed by atoms with E-state index in [4.69, 9.17) is 14.2 Å². The minimum Gasteiger partial charge on any atom is -0.446 e. The molecule has 0 heterocycles. The van der Waals surface area contributed by atoms with Gasteiger partial charge in [0, 0.05) is 20.7 Å². The van der Waals surface area contributed by atoms with Crippen molar-refractivity contribution in [1.29, 1.82) is 0 Å². The predicted molar refractivity (Wildman–Crippen MR) is 65.5 cm³/mol. The van der Waals surface area contributed by atoms with Crippen LogP contribution in [0.5, 0.6) is 0 Å². The van der Waals surface area contributed by atoms with E-state index in [-0.39, 0.29) is 13.2 Å². The monoisotopic (exact) mass is 262 g/mol. The molecule has 106 valence electrons. The minimum atomic E-state index is -0.822. The lowest BCUT2D eigenvalue weighted by Crippen LogP contribution is -2.44. The summed E-state index contributed by atoms with van der Waals surface area (Å²) in [6.45, 7) is 4.17. The Hall–Kier alpha value is -1.50. The minimum absolute atomic E-state index is 0.0130. The van der Waals surface area contributed by atoms with E-state index in [1.807, 2.05) is 6.92 Å². The number of hydrogen-bond donors (Lipinski definition) is 2. The fourth-order valence-corrected chi connectivity index (χ4v) is 1.17. The Kier molecular flexibility index (Phi) is 7.86. The summed E-state index contributed by atoms with van der Waals surface area (Å²) in [5, 5.41) is 4.84. The van der Waals surface area contributed by atoms with Crippen LogP contribution in [0.25, 0.3) is 0 Å². The zero-order chi connectivity index (χ0) is 14.0. The van der Waals surface area contributed by atoms with E-state index in [1.165, 1.54) is 14.2 Å². The van der Waals surface area contributed by atoms with Crippen molar-refractivity contribution in [1.82, 2.24) is 10.6 Å². The van der Waals surface area contributed by atoms with Crippen LogP contribution in [0.3, 0.4) is 0 Å². The van der Waals surface area contributed by atoms with Crippen LogP contribution in [0.15, 0.2) is 0 Å². The van der Waals surface area contributed by atoms with E-state index < -0.39 is 17.8 Å². The van der Waals surface area contributed by atoms with Gasteiger partial charge in [0.1, 0.15) is 18.8 Å². The highest BCUT2D eigenvalue weighted by molar-refractivity contribution is 5.67. The molecule has 0 bridgehead atoms. The molecule has 0 fully saturated rings. The second-order valence-corrected chi connectivity index (χ2v) is 3.67. The van der Waals surface area contributed by atoms with Gasteiger partial charge in [-0.3, -0.25) is 0 Å². The van der Waals surface area contributed by atoms with E-state index in [1.54, 1.807) is 6.92 Å². The third-order valence-electron chi connectivity index (χ3n) is 2.54. The molecule has 0 aliphatic heterocycles. The van der Waals surface area contributed by atoms with Crippen molar-refractivity contribution < 1.29 is 23.8 Å². The molecule has 0 aromatic rings. The molecule has 2 amide bonds. The maximum atomic E-state index is 11.2. The molecule has 0 aromatic heterocycles. The van der Waals surface area contributed by atoms with Crippen molar-refractivity contribution in [3.8, 4) is 0 Å². The van der Waals surface area contributed by atoms with E-state index in [0.29, 0.717) is 13.0 Å². The summed E-state index contributed by atoms with van der Waals surface area (Å²) < 4.78 is 15.3. The van der Waals surface area contributed by atoms with E-state index >= 15 is 0 Å². The Morgan fingerprint density at radius 3 is 2.06 bits per heavy atom. The Morgan fingerprint density at radius 2 is 1.67 bits per heavy atom. The van der Waals surface area contributed by atoms with Gasteiger partial charge in [-0.2, -0.15) is 0 Å². The quantitative estimate of drug-likeness (QED) is 0.711. The number of rotatable bonds is 7. The van der Waals surface area contributed by atoms with Gasteiger partial charge in [0.15, 0.2) is 0 Å². The molecule has 18 heavy (non-hydrogen) atoms. The van der Waals surface area contributed by atoms with Gasteiger partial charge < -0.3 is 24.8 Å². The normalized spacial score (nSPS) is 13.3. The molecule has 0 aliphatic carbocycles. The second kappa shape index (κ2) is 8.57. The van der Waals surface area contributed by atoms with Crippen LogP contribution in [0.4, 0.5) is 9.59 Å². The Morgan fingerprint density at radius 1 is 1.11 bits per heavy atom. The number of alkyl carbamates (subject to hydrolysis) is 2. The van der Waals surface area contributed by atoms with Gasteiger partial charge in [-0.25, -0.2) is 9.59 Å². The lowest BCUT2D eigenvalue weighted by atomic mass is 10.0. The van der Waals surface area contributed by atoms with Gasteiger partial charge in [-0.05, 0) is 13.3 Å². The van der Waals surface area contributed by atoms with E-state index in [9.17, 15) is 9.59 Å². The van der Waals surface area contributed by atoms with Crippen LogP contribution >= 0.6 is 0 Å². The lowest BCUT2D eigenvalue weighted by Gasteiger charge is -2.29. The second-order valence-electron chi connectivity index (χ2n) is 3.67. The SMILES string of the molecule is CCNC(=O)OCC(CC)(COC(=O)NC)OC. The summed E-state index contributed by atoms with van der Waals surface area (Å²) in [5.41, 5.74) is -0.822. The van der Waals surface area contributed by atoms with Crippen LogP contribution in [-0.4, -0.2) is 51.7 Å². The molecule has 0 saturated carbocycles. The topological polar surface area (TPSA) is 85.9 Å². The van der Waals surface area contributed by atoms with Gasteiger partial charge in [0.2, 0.25) is 0 Å². The first-order valence-electron chi connectivity index (χ1n) is 5.83. The van der Waals surface area contributed by atoms with Crippen LogP contribution < -0.4 is 10.6 Å². The highest BCUT2D eigenvalue weighted by atomic mass is 16.6. The first-order valence-corrected chi connectivity index (χ1v) is 5.83. The molecule has 1 atom stereocenters. The summed E-state index contributed by atoms with van der Waals surface area (Å²) in [4.78, 5) is 22.2. The summed E-state index contributed by atoms with van der Waals surface area (Å²) >= 11 is 0. The molecule has 7 nitrogen and oxygen atoms in total. The average Bonchev–Trinajstić information content (AvgIpc) is 2.39. The Bertz CT molecular complexity index is 266. The molecule has 1 unspecified atom stereocenters. The maximum absolute atomic E-state index is 11.2. The van der Waals surface area contributed by atoms with Gasteiger partial charge in [0.25, 0.3) is 0 Å². The van der Waals surface area contributed by atoms with Crippen LogP contribution in [0, 0.1) is 0 Å². The van der Waals surface area contributed by atoms with E-state index in [2.05, 4.69) is 10.6 Å². The van der Waals surface area contributed by atoms with Gasteiger partial charge in [-0.1, -0.05) is 6.92 Å². The van der Waals surface area contributed by atoms with Gasteiger partial charge in [0.05, 0.1) is 0 Å². The van der Waals surface area contributed by atoms with Crippen LogP contribution in [0.1, 0.15) is 20.3 Å². The molecule has 0 radical (unpaired) electrons. The van der Waals surface area contributed by atoms with Crippen molar-refractivity contribution in [2.75, 3.05) is 33.9 Å². The fourth-order valence-electron chi connectivity index (χ4n) is 1.17. The first kappa shape index (κ1) is 16.5. The molecule has 0 saturated heterocycles. The zero-order valence-electron chi connectivity index (χ0n) is 11.4. The number of methoxy groups -OCH3 is 1. The van der Waals surface area contributed by atoms with Gasteiger partial charge >= 0.3 is 12.2 Å². The maximum Gasteiger partial charge on any atom is 0.407 e. The van der Waals surface area contributed by atoms with Crippen molar-refractivity contribution >= 4 is 12.2 Å². The highest BCUT2D eigenvalue weighted by Crippen LogP contribution is 2.16. The molecule has 2 N–H and O–H groups in total. The molecule has 0 spiro atoms. The molecule has 0 aliphatic rings. The summed E-state index contributed by atoms with van der Waals surface area (Å²) in [7, 11) is 2.95. The Labute approximate surface area is 107 Å². The van der Waals surface area contributed by atoms with Crippen molar-refractivity contribution in [2.24, 2.45) is 0 Å². The van der Waals surface area contributed by atoms with E-state index in [0.717, 1.165) is 0 Å². The molecule has 7 heteroatoms. The predicted octanol–water partition coefficient (Wildman–Crippen LogP) is 0.884. The number of amides is 2. The third-order valence-corrected chi connectivity index (χ3v) is 2.54. The number of hydrogen-bond acceptors (Lipinski definition) is 5. The molecule has 0 rings (SSSR count). The summed E-state index contributed by atoms with van der Waals surface area (Å²) in [6.07, 6.45) is -0.532. The van der Waals surface area contributed by atoms with Crippen LogP contribution in [-0.2, 0) is 14.2 Å². The van der Waals surface area contributed by atoms with Crippen molar-refractivity contribution in [2.45, 2.75) is 25.9 Å². The number of nitrogens with one attached hydrogen (secondary N) is 2. The highest BCUT2D eigenvalue weighted by Gasteiger charge is 2.31. The summed E-state index contributed by atoms with van der Waals surface area (Å²) in [5.74, 6) is 0. The van der Waals surface area contributed by atoms with Crippen molar-refractivity contribution in [3.63, 3.8) is 0 Å². The summed E-state index contributed by atoms with van der Waals surface area (Å²) in [6, 6.07) is 0. The number of carbonyl (C=O) groups excluding carboxylic acids is 2. The average molecular weight is 262 g/mol. The van der Waals surface area contributed by atoms with Crippen molar-refractivity contribution in [3.05, 3.63) is 0 Å². The zero-order valence-corrected chi connectivity index (χ0v) is 11.4. The largest absolute Gasteiger partial charge is 0.446 e. The van der Waals surface area contributed by atoms with Gasteiger partial charge in [-0.15, -0.1) is 0 Å². The fraction of sp³-hybridized carbons (Fsp3) is 0.818. The third kappa shape index (κ3) is 5.72. The smallest absolute Gasteiger partial charge is 0.407 e. The molecule has 0 aromatic carbocycles. The van der Waals surface area contributed by atoms with Crippen LogP contribution in [0.2, 0.25) is 0 Å². The number of ether oxygens (including phenoxy) is 3.